The van der Waals surface area contributed by atoms with Gasteiger partial charge in [-0.25, -0.2) is 0 Å². The zero-order chi connectivity index (χ0) is 19.2. The lowest BCUT2D eigenvalue weighted by molar-refractivity contribution is 0.0627. The summed E-state index contributed by atoms with van der Waals surface area (Å²) in [6.45, 7) is 3.92. The van der Waals surface area contributed by atoms with Gasteiger partial charge in [-0.3, -0.25) is 9.69 Å². The number of hydrogen-bond donors (Lipinski definition) is 0. The zero-order valence-corrected chi connectivity index (χ0v) is 16.1. The molecule has 1 saturated heterocycles. The Morgan fingerprint density at radius 3 is 2.07 bits per heavy atom. The summed E-state index contributed by atoms with van der Waals surface area (Å²) in [6, 6.07) is 13.4. The van der Waals surface area contributed by atoms with Gasteiger partial charge in [-0.2, -0.15) is 0 Å². The van der Waals surface area contributed by atoms with E-state index in [4.69, 9.17) is 14.2 Å². The minimum atomic E-state index is 0.00762. The molecule has 0 N–H and O–H groups in total. The van der Waals surface area contributed by atoms with E-state index >= 15 is 0 Å². The zero-order valence-electron chi connectivity index (χ0n) is 16.1. The van der Waals surface area contributed by atoms with Crippen LogP contribution in [0.15, 0.2) is 42.5 Å². The van der Waals surface area contributed by atoms with Crippen molar-refractivity contribution in [3.05, 3.63) is 53.6 Å². The molecular formula is C21H26N2O4. The molecule has 27 heavy (non-hydrogen) atoms. The van der Waals surface area contributed by atoms with Gasteiger partial charge in [0.1, 0.15) is 17.2 Å². The van der Waals surface area contributed by atoms with Crippen molar-refractivity contribution in [2.45, 2.75) is 6.54 Å². The highest BCUT2D eigenvalue weighted by atomic mass is 16.5. The monoisotopic (exact) mass is 370 g/mol. The minimum absolute atomic E-state index is 0.00762. The van der Waals surface area contributed by atoms with Crippen molar-refractivity contribution >= 4 is 5.91 Å². The highest BCUT2D eigenvalue weighted by Crippen LogP contribution is 2.24. The first kappa shape index (κ1) is 19.0. The summed E-state index contributed by atoms with van der Waals surface area (Å²) >= 11 is 0. The van der Waals surface area contributed by atoms with E-state index in [0.717, 1.165) is 25.4 Å². The Morgan fingerprint density at radius 1 is 0.852 bits per heavy atom. The molecule has 1 aliphatic heterocycles. The van der Waals surface area contributed by atoms with Gasteiger partial charge in [0.2, 0.25) is 0 Å². The first-order valence-electron chi connectivity index (χ1n) is 9.00. The van der Waals surface area contributed by atoms with Crippen LogP contribution in [0.4, 0.5) is 0 Å². The smallest absolute Gasteiger partial charge is 0.254 e. The quantitative estimate of drug-likeness (QED) is 0.783. The van der Waals surface area contributed by atoms with E-state index in [1.807, 2.05) is 17.0 Å². The molecule has 6 heteroatoms. The van der Waals surface area contributed by atoms with Gasteiger partial charge in [0.05, 0.1) is 21.3 Å². The van der Waals surface area contributed by atoms with Crippen LogP contribution in [0, 0.1) is 0 Å². The van der Waals surface area contributed by atoms with E-state index in [-0.39, 0.29) is 5.91 Å². The maximum Gasteiger partial charge on any atom is 0.254 e. The fourth-order valence-corrected chi connectivity index (χ4v) is 3.25. The molecule has 0 bridgehead atoms. The molecule has 6 nitrogen and oxygen atoms in total. The van der Waals surface area contributed by atoms with Gasteiger partial charge < -0.3 is 19.1 Å². The molecule has 1 fully saturated rings. The Bertz CT molecular complexity index is 763. The number of nitrogens with zero attached hydrogens (tertiary/aromatic N) is 2. The van der Waals surface area contributed by atoms with Crippen LogP contribution in [0.3, 0.4) is 0 Å². The highest BCUT2D eigenvalue weighted by molar-refractivity contribution is 5.95. The van der Waals surface area contributed by atoms with E-state index in [1.54, 1.807) is 39.5 Å². The third kappa shape index (κ3) is 4.71. The number of piperazine rings is 1. The van der Waals surface area contributed by atoms with E-state index in [9.17, 15) is 4.79 Å². The summed E-state index contributed by atoms with van der Waals surface area (Å²) in [4.78, 5) is 17.1. The third-order valence-electron chi connectivity index (χ3n) is 4.80. The Hall–Kier alpha value is -2.73. The number of hydrogen-bond acceptors (Lipinski definition) is 5. The number of benzene rings is 2. The van der Waals surface area contributed by atoms with E-state index in [0.29, 0.717) is 30.2 Å². The molecule has 3 rings (SSSR count). The second-order valence-electron chi connectivity index (χ2n) is 6.52. The van der Waals surface area contributed by atoms with Crippen LogP contribution in [0.1, 0.15) is 15.9 Å². The van der Waals surface area contributed by atoms with Crippen LogP contribution in [0.2, 0.25) is 0 Å². The molecule has 0 atom stereocenters. The van der Waals surface area contributed by atoms with Crippen molar-refractivity contribution in [3.8, 4) is 17.2 Å². The molecule has 0 aliphatic carbocycles. The Balaban J connectivity index is 1.61. The van der Waals surface area contributed by atoms with Gasteiger partial charge in [0.15, 0.2) is 0 Å². The summed E-state index contributed by atoms with van der Waals surface area (Å²) in [5.74, 6) is 2.12. The summed E-state index contributed by atoms with van der Waals surface area (Å²) in [5.41, 5.74) is 1.80. The maximum atomic E-state index is 12.9. The largest absolute Gasteiger partial charge is 0.497 e. The average Bonchev–Trinajstić information content (AvgIpc) is 2.73. The fourth-order valence-electron chi connectivity index (χ4n) is 3.25. The molecule has 0 saturated carbocycles. The van der Waals surface area contributed by atoms with Gasteiger partial charge in [-0.15, -0.1) is 0 Å². The van der Waals surface area contributed by atoms with Crippen LogP contribution in [-0.4, -0.2) is 63.2 Å². The summed E-state index contributed by atoms with van der Waals surface area (Å²) in [6.07, 6.45) is 0. The standard InChI is InChI=1S/C21H26N2O4/c1-25-18-6-4-5-16(11-18)15-22-7-9-23(10-8-22)21(24)17-12-19(26-2)14-20(13-17)27-3/h4-6,11-14H,7-10,15H2,1-3H3. The van der Waals surface area contributed by atoms with E-state index in [2.05, 4.69) is 17.0 Å². The molecule has 0 radical (unpaired) electrons. The van der Waals surface area contributed by atoms with E-state index < -0.39 is 0 Å². The lowest BCUT2D eigenvalue weighted by Crippen LogP contribution is -2.48. The Labute approximate surface area is 160 Å². The fraction of sp³-hybridized carbons (Fsp3) is 0.381. The lowest BCUT2D eigenvalue weighted by Gasteiger charge is -2.35. The van der Waals surface area contributed by atoms with Crippen molar-refractivity contribution in [1.29, 1.82) is 0 Å². The van der Waals surface area contributed by atoms with Crippen molar-refractivity contribution in [2.24, 2.45) is 0 Å². The van der Waals surface area contributed by atoms with Gasteiger partial charge in [0, 0.05) is 44.4 Å². The molecule has 144 valence electrons. The first-order valence-corrected chi connectivity index (χ1v) is 9.00. The van der Waals surface area contributed by atoms with Crippen molar-refractivity contribution < 1.29 is 19.0 Å². The Kier molecular flexibility index (Phi) is 6.19. The number of carbonyl (C=O) groups excluding carboxylic acids is 1. The van der Waals surface area contributed by atoms with Crippen LogP contribution in [-0.2, 0) is 6.54 Å². The molecule has 0 unspecified atom stereocenters. The molecule has 2 aromatic rings. The summed E-state index contributed by atoms with van der Waals surface area (Å²) in [7, 11) is 4.85. The second-order valence-corrected chi connectivity index (χ2v) is 6.52. The van der Waals surface area contributed by atoms with Crippen molar-refractivity contribution in [1.82, 2.24) is 9.80 Å². The average molecular weight is 370 g/mol. The molecule has 1 amide bonds. The maximum absolute atomic E-state index is 12.9. The number of ether oxygens (including phenoxy) is 3. The molecule has 1 aliphatic rings. The number of methoxy groups -OCH3 is 3. The van der Waals surface area contributed by atoms with Gasteiger partial charge in [-0.1, -0.05) is 12.1 Å². The third-order valence-corrected chi connectivity index (χ3v) is 4.80. The van der Waals surface area contributed by atoms with Crippen LogP contribution in [0.25, 0.3) is 0 Å². The normalized spacial score (nSPS) is 14.7. The summed E-state index contributed by atoms with van der Waals surface area (Å²) in [5, 5.41) is 0. The predicted octanol–water partition coefficient (Wildman–Crippen LogP) is 2.67. The van der Waals surface area contributed by atoms with Crippen LogP contribution in [0.5, 0.6) is 17.2 Å². The molecule has 1 heterocycles. The summed E-state index contributed by atoms with van der Waals surface area (Å²) < 4.78 is 15.8. The van der Waals surface area contributed by atoms with Gasteiger partial charge in [-0.05, 0) is 29.8 Å². The SMILES string of the molecule is COc1cccc(CN2CCN(C(=O)c3cc(OC)cc(OC)c3)CC2)c1. The molecule has 0 aromatic heterocycles. The molecule has 2 aromatic carbocycles. The number of amides is 1. The van der Waals surface area contributed by atoms with Crippen molar-refractivity contribution in [2.75, 3.05) is 47.5 Å². The molecular weight excluding hydrogens is 344 g/mol. The van der Waals surface area contributed by atoms with Crippen LogP contribution < -0.4 is 14.2 Å². The minimum Gasteiger partial charge on any atom is -0.497 e. The number of carbonyl (C=O) groups is 1. The van der Waals surface area contributed by atoms with Gasteiger partial charge in [0.25, 0.3) is 5.91 Å². The molecule has 0 spiro atoms. The lowest BCUT2D eigenvalue weighted by atomic mass is 10.1. The Morgan fingerprint density at radius 2 is 1.48 bits per heavy atom. The van der Waals surface area contributed by atoms with Gasteiger partial charge >= 0.3 is 0 Å². The predicted molar refractivity (Wildman–Crippen MR) is 104 cm³/mol. The first-order chi connectivity index (χ1) is 13.1. The van der Waals surface area contributed by atoms with E-state index in [1.165, 1.54) is 5.56 Å². The highest BCUT2D eigenvalue weighted by Gasteiger charge is 2.23. The second kappa shape index (κ2) is 8.77. The van der Waals surface area contributed by atoms with Crippen LogP contribution >= 0.6 is 0 Å². The van der Waals surface area contributed by atoms with Crippen molar-refractivity contribution in [3.63, 3.8) is 0 Å². The number of rotatable bonds is 6. The topological polar surface area (TPSA) is 51.2 Å².